The SMILES string of the molecule is Cn1ccc(CCNC2CCCC2CNC(=O)OC(C)(C)C)n1. The minimum atomic E-state index is -0.444. The molecule has 1 aliphatic carbocycles. The van der Waals surface area contributed by atoms with Crippen molar-refractivity contribution in [2.75, 3.05) is 13.1 Å². The Balaban J connectivity index is 1.69. The van der Waals surface area contributed by atoms with Gasteiger partial charge in [-0.2, -0.15) is 5.10 Å². The van der Waals surface area contributed by atoms with E-state index in [1.54, 1.807) is 0 Å². The highest BCUT2D eigenvalue weighted by atomic mass is 16.6. The van der Waals surface area contributed by atoms with E-state index in [2.05, 4.69) is 21.8 Å². The minimum Gasteiger partial charge on any atom is -0.444 e. The van der Waals surface area contributed by atoms with Gasteiger partial charge in [-0.15, -0.1) is 0 Å². The maximum absolute atomic E-state index is 11.8. The number of nitrogens with one attached hydrogen (secondary N) is 2. The average molecular weight is 322 g/mol. The van der Waals surface area contributed by atoms with Gasteiger partial charge in [0.15, 0.2) is 0 Å². The summed E-state index contributed by atoms with van der Waals surface area (Å²) in [5, 5.41) is 10.9. The van der Waals surface area contributed by atoms with Gasteiger partial charge in [-0.3, -0.25) is 4.68 Å². The average Bonchev–Trinajstić information content (AvgIpc) is 3.04. The Labute approximate surface area is 139 Å². The van der Waals surface area contributed by atoms with Crippen molar-refractivity contribution in [3.8, 4) is 0 Å². The second-order valence-electron chi connectivity index (χ2n) is 7.37. The van der Waals surface area contributed by atoms with E-state index in [4.69, 9.17) is 4.74 Å². The van der Waals surface area contributed by atoms with E-state index >= 15 is 0 Å². The van der Waals surface area contributed by atoms with Crippen molar-refractivity contribution in [2.24, 2.45) is 13.0 Å². The molecule has 130 valence electrons. The number of amides is 1. The van der Waals surface area contributed by atoms with E-state index in [9.17, 15) is 4.79 Å². The van der Waals surface area contributed by atoms with E-state index in [0.717, 1.165) is 25.1 Å². The molecule has 1 fully saturated rings. The van der Waals surface area contributed by atoms with Gasteiger partial charge in [0.25, 0.3) is 0 Å². The van der Waals surface area contributed by atoms with Crippen molar-refractivity contribution >= 4 is 6.09 Å². The van der Waals surface area contributed by atoms with Gasteiger partial charge in [0, 0.05) is 38.8 Å². The Morgan fingerprint density at radius 2 is 2.22 bits per heavy atom. The first kappa shape index (κ1) is 17.8. The predicted molar refractivity (Wildman–Crippen MR) is 90.3 cm³/mol. The molecule has 2 rings (SSSR count). The van der Waals surface area contributed by atoms with Crippen LogP contribution in [0.3, 0.4) is 0 Å². The van der Waals surface area contributed by atoms with Crippen LogP contribution in [0.2, 0.25) is 0 Å². The number of aryl methyl sites for hydroxylation is 1. The quantitative estimate of drug-likeness (QED) is 0.843. The summed E-state index contributed by atoms with van der Waals surface area (Å²) in [6.45, 7) is 7.24. The summed E-state index contributed by atoms with van der Waals surface area (Å²) >= 11 is 0. The summed E-state index contributed by atoms with van der Waals surface area (Å²) < 4.78 is 7.12. The molecule has 1 heterocycles. The highest BCUT2D eigenvalue weighted by Gasteiger charge is 2.27. The number of nitrogens with zero attached hydrogens (tertiary/aromatic N) is 2. The largest absolute Gasteiger partial charge is 0.444 e. The summed E-state index contributed by atoms with van der Waals surface area (Å²) in [5.41, 5.74) is 0.668. The van der Waals surface area contributed by atoms with E-state index in [-0.39, 0.29) is 6.09 Å². The number of aromatic nitrogens is 2. The fourth-order valence-electron chi connectivity index (χ4n) is 3.06. The molecule has 23 heavy (non-hydrogen) atoms. The molecule has 0 spiro atoms. The molecule has 1 amide bonds. The lowest BCUT2D eigenvalue weighted by molar-refractivity contribution is 0.0517. The van der Waals surface area contributed by atoms with Crippen molar-refractivity contribution in [3.63, 3.8) is 0 Å². The van der Waals surface area contributed by atoms with Gasteiger partial charge in [-0.25, -0.2) is 4.79 Å². The van der Waals surface area contributed by atoms with Crippen LogP contribution >= 0.6 is 0 Å². The molecule has 1 aromatic heterocycles. The second-order valence-corrected chi connectivity index (χ2v) is 7.37. The van der Waals surface area contributed by atoms with Crippen molar-refractivity contribution < 1.29 is 9.53 Å². The lowest BCUT2D eigenvalue weighted by Gasteiger charge is -2.23. The minimum absolute atomic E-state index is 0.323. The number of rotatable bonds is 6. The molecule has 6 nitrogen and oxygen atoms in total. The molecule has 0 radical (unpaired) electrons. The van der Waals surface area contributed by atoms with Gasteiger partial charge in [0.05, 0.1) is 5.69 Å². The molecule has 1 aromatic rings. The Morgan fingerprint density at radius 1 is 1.43 bits per heavy atom. The highest BCUT2D eigenvalue weighted by Crippen LogP contribution is 2.25. The Hall–Kier alpha value is -1.56. The van der Waals surface area contributed by atoms with Gasteiger partial charge in [0.2, 0.25) is 0 Å². The van der Waals surface area contributed by atoms with Crippen LogP contribution in [0.25, 0.3) is 0 Å². The molecule has 1 saturated carbocycles. The molecule has 2 atom stereocenters. The van der Waals surface area contributed by atoms with Gasteiger partial charge in [-0.05, 0) is 45.6 Å². The molecule has 2 N–H and O–H groups in total. The molecule has 6 heteroatoms. The van der Waals surface area contributed by atoms with Crippen LogP contribution < -0.4 is 10.6 Å². The molecule has 0 saturated heterocycles. The van der Waals surface area contributed by atoms with Crippen LogP contribution in [0.4, 0.5) is 4.79 Å². The van der Waals surface area contributed by atoms with Crippen LogP contribution in [0, 0.1) is 5.92 Å². The lowest BCUT2D eigenvalue weighted by atomic mass is 10.0. The van der Waals surface area contributed by atoms with Crippen molar-refractivity contribution in [3.05, 3.63) is 18.0 Å². The van der Waals surface area contributed by atoms with Gasteiger partial charge < -0.3 is 15.4 Å². The molecule has 1 aliphatic rings. The monoisotopic (exact) mass is 322 g/mol. The molecule has 2 unspecified atom stereocenters. The van der Waals surface area contributed by atoms with Crippen LogP contribution in [0.1, 0.15) is 45.7 Å². The maximum atomic E-state index is 11.8. The smallest absolute Gasteiger partial charge is 0.407 e. The number of alkyl carbamates (subject to hydrolysis) is 1. The van der Waals surface area contributed by atoms with Gasteiger partial charge >= 0.3 is 6.09 Å². The third kappa shape index (κ3) is 6.22. The summed E-state index contributed by atoms with van der Waals surface area (Å²) in [5.74, 6) is 0.478. The fraction of sp³-hybridized carbons (Fsp3) is 0.765. The van der Waals surface area contributed by atoms with Crippen LogP contribution in [0.15, 0.2) is 12.3 Å². The van der Waals surface area contributed by atoms with E-state index in [0.29, 0.717) is 18.5 Å². The predicted octanol–water partition coefficient (Wildman–Crippen LogP) is 2.25. The first-order valence-electron chi connectivity index (χ1n) is 8.52. The first-order chi connectivity index (χ1) is 10.8. The van der Waals surface area contributed by atoms with E-state index < -0.39 is 5.60 Å². The second kappa shape index (κ2) is 7.81. The number of carbonyl (C=O) groups is 1. The zero-order valence-corrected chi connectivity index (χ0v) is 14.8. The number of carbonyl (C=O) groups excluding carboxylic acids is 1. The van der Waals surface area contributed by atoms with Crippen LogP contribution in [-0.4, -0.2) is 40.6 Å². The molecule has 0 aliphatic heterocycles. The summed E-state index contributed by atoms with van der Waals surface area (Å²) in [4.78, 5) is 11.8. The number of ether oxygens (including phenoxy) is 1. The topological polar surface area (TPSA) is 68.2 Å². The standard InChI is InChI=1S/C17H30N4O2/c1-17(2,3)23-16(22)19-12-13-6-5-7-15(13)18-10-8-14-9-11-21(4)20-14/h9,11,13,15,18H,5-8,10,12H2,1-4H3,(H,19,22). The normalized spacial score (nSPS) is 21.4. The Kier molecular flexibility index (Phi) is 6.04. The number of hydrogen-bond acceptors (Lipinski definition) is 4. The van der Waals surface area contributed by atoms with Crippen molar-refractivity contribution in [1.82, 2.24) is 20.4 Å². The zero-order valence-electron chi connectivity index (χ0n) is 14.8. The number of hydrogen-bond donors (Lipinski definition) is 2. The Morgan fingerprint density at radius 3 is 2.87 bits per heavy atom. The fourth-order valence-corrected chi connectivity index (χ4v) is 3.06. The molecule has 0 bridgehead atoms. The summed E-state index contributed by atoms with van der Waals surface area (Å²) in [6, 6.07) is 2.52. The van der Waals surface area contributed by atoms with Crippen molar-refractivity contribution in [1.29, 1.82) is 0 Å². The maximum Gasteiger partial charge on any atom is 0.407 e. The highest BCUT2D eigenvalue weighted by molar-refractivity contribution is 5.67. The summed E-state index contributed by atoms with van der Waals surface area (Å²) in [6.07, 6.45) is 6.11. The molecular formula is C17H30N4O2. The zero-order chi connectivity index (χ0) is 16.9. The lowest BCUT2D eigenvalue weighted by Crippen LogP contribution is -2.41. The third-order valence-electron chi connectivity index (χ3n) is 4.12. The third-order valence-corrected chi connectivity index (χ3v) is 4.12. The van der Waals surface area contributed by atoms with Crippen LogP contribution in [0.5, 0.6) is 0 Å². The van der Waals surface area contributed by atoms with Crippen molar-refractivity contribution in [2.45, 2.75) is 58.1 Å². The molecular weight excluding hydrogens is 292 g/mol. The van der Waals surface area contributed by atoms with Gasteiger partial charge in [-0.1, -0.05) is 6.42 Å². The van der Waals surface area contributed by atoms with Crippen LogP contribution in [-0.2, 0) is 18.2 Å². The van der Waals surface area contributed by atoms with E-state index in [1.807, 2.05) is 38.7 Å². The molecule has 0 aromatic carbocycles. The summed E-state index contributed by atoms with van der Waals surface area (Å²) in [7, 11) is 1.94. The van der Waals surface area contributed by atoms with Gasteiger partial charge in [0.1, 0.15) is 5.60 Å². The first-order valence-corrected chi connectivity index (χ1v) is 8.52. The Bertz CT molecular complexity index is 507. The van der Waals surface area contributed by atoms with E-state index in [1.165, 1.54) is 12.8 Å².